The van der Waals surface area contributed by atoms with Gasteiger partial charge in [0.1, 0.15) is 0 Å². The smallest absolute Gasteiger partial charge is 0.0746 e. The van der Waals surface area contributed by atoms with E-state index in [1.807, 2.05) is 12.3 Å². The third kappa shape index (κ3) is 2.84. The lowest BCUT2D eigenvalue weighted by Gasteiger charge is -2.28. The highest BCUT2D eigenvalue weighted by Crippen LogP contribution is 2.20. The van der Waals surface area contributed by atoms with Crippen LogP contribution in [0.15, 0.2) is 36.5 Å². The van der Waals surface area contributed by atoms with Crippen LogP contribution in [-0.4, -0.2) is 35.1 Å². The van der Waals surface area contributed by atoms with Crippen molar-refractivity contribution in [1.82, 2.24) is 15.2 Å². The van der Waals surface area contributed by atoms with Crippen molar-refractivity contribution in [1.29, 1.82) is 0 Å². The first-order valence-electron chi connectivity index (χ1n) is 7.54. The van der Waals surface area contributed by atoms with Gasteiger partial charge in [-0.25, -0.2) is 0 Å². The molecule has 0 saturated carbocycles. The zero-order chi connectivity index (χ0) is 13.9. The SMILES string of the molecule is CC1CN(Cc2cccc3cccnc23)C(C)CCN1. The molecule has 106 valence electrons. The Balaban J connectivity index is 1.88. The first kappa shape index (κ1) is 13.5. The number of pyridine rings is 1. The second kappa shape index (κ2) is 5.90. The number of benzene rings is 1. The summed E-state index contributed by atoms with van der Waals surface area (Å²) in [5.74, 6) is 0. The van der Waals surface area contributed by atoms with E-state index >= 15 is 0 Å². The van der Waals surface area contributed by atoms with Gasteiger partial charge in [0.15, 0.2) is 0 Å². The van der Waals surface area contributed by atoms with Gasteiger partial charge in [0, 0.05) is 36.8 Å². The molecule has 0 aliphatic carbocycles. The maximum atomic E-state index is 4.57. The van der Waals surface area contributed by atoms with Crippen LogP contribution in [0, 0.1) is 0 Å². The minimum absolute atomic E-state index is 0.558. The zero-order valence-corrected chi connectivity index (χ0v) is 12.3. The third-order valence-electron chi connectivity index (χ3n) is 4.28. The first-order chi connectivity index (χ1) is 9.74. The van der Waals surface area contributed by atoms with Gasteiger partial charge in [-0.2, -0.15) is 0 Å². The Hall–Kier alpha value is -1.45. The highest BCUT2D eigenvalue weighted by atomic mass is 15.2. The topological polar surface area (TPSA) is 28.2 Å². The molecule has 20 heavy (non-hydrogen) atoms. The van der Waals surface area contributed by atoms with Gasteiger partial charge in [-0.15, -0.1) is 0 Å². The predicted octanol–water partition coefficient (Wildman–Crippen LogP) is 2.81. The molecule has 1 aliphatic rings. The molecule has 0 radical (unpaired) electrons. The molecular formula is C17H23N3. The van der Waals surface area contributed by atoms with Crippen molar-refractivity contribution in [3.63, 3.8) is 0 Å². The highest BCUT2D eigenvalue weighted by molar-refractivity contribution is 5.81. The number of nitrogens with one attached hydrogen (secondary N) is 1. The number of hydrogen-bond acceptors (Lipinski definition) is 3. The Kier molecular flexibility index (Phi) is 3.99. The average molecular weight is 269 g/mol. The lowest BCUT2D eigenvalue weighted by atomic mass is 10.1. The summed E-state index contributed by atoms with van der Waals surface area (Å²) in [6, 6.07) is 11.8. The quantitative estimate of drug-likeness (QED) is 0.908. The van der Waals surface area contributed by atoms with Gasteiger partial charge in [0.25, 0.3) is 0 Å². The standard InChI is InChI=1S/C17H23N3/c1-13-11-20(14(2)8-10-18-13)12-16-6-3-5-15-7-4-9-19-17(15)16/h3-7,9,13-14,18H,8,10-12H2,1-2H3. The minimum Gasteiger partial charge on any atom is -0.313 e. The summed E-state index contributed by atoms with van der Waals surface area (Å²) in [7, 11) is 0. The van der Waals surface area contributed by atoms with Crippen molar-refractivity contribution in [3.8, 4) is 0 Å². The number of hydrogen-bond donors (Lipinski definition) is 1. The van der Waals surface area contributed by atoms with E-state index in [0.717, 1.165) is 25.2 Å². The van der Waals surface area contributed by atoms with Crippen LogP contribution in [0.2, 0.25) is 0 Å². The van der Waals surface area contributed by atoms with Crippen LogP contribution in [-0.2, 0) is 6.54 Å². The normalized spacial score (nSPS) is 24.7. The molecule has 3 heteroatoms. The maximum absolute atomic E-state index is 4.57. The Morgan fingerprint density at radius 2 is 2.10 bits per heavy atom. The summed E-state index contributed by atoms with van der Waals surface area (Å²) >= 11 is 0. The average Bonchev–Trinajstić information content (AvgIpc) is 2.61. The summed E-state index contributed by atoms with van der Waals surface area (Å²) in [6.07, 6.45) is 3.10. The van der Waals surface area contributed by atoms with Crippen molar-refractivity contribution < 1.29 is 0 Å². The van der Waals surface area contributed by atoms with E-state index in [1.54, 1.807) is 0 Å². The molecular weight excluding hydrogens is 246 g/mol. The maximum Gasteiger partial charge on any atom is 0.0746 e. The molecule has 1 fully saturated rings. The van der Waals surface area contributed by atoms with Crippen molar-refractivity contribution in [2.75, 3.05) is 13.1 Å². The number of para-hydroxylation sites is 1. The molecule has 2 aromatic rings. The zero-order valence-electron chi connectivity index (χ0n) is 12.3. The molecule has 0 amide bonds. The van der Waals surface area contributed by atoms with Gasteiger partial charge in [-0.3, -0.25) is 9.88 Å². The molecule has 1 aromatic heterocycles. The number of rotatable bonds is 2. The fourth-order valence-electron chi connectivity index (χ4n) is 3.05. The molecule has 0 spiro atoms. The van der Waals surface area contributed by atoms with Crippen LogP contribution in [0.5, 0.6) is 0 Å². The first-order valence-corrected chi connectivity index (χ1v) is 7.54. The number of fused-ring (bicyclic) bond motifs is 1. The molecule has 3 rings (SSSR count). The molecule has 0 bridgehead atoms. The summed E-state index contributed by atoms with van der Waals surface area (Å²) < 4.78 is 0. The predicted molar refractivity (Wildman–Crippen MR) is 83.7 cm³/mol. The van der Waals surface area contributed by atoms with E-state index in [9.17, 15) is 0 Å². The van der Waals surface area contributed by atoms with Crippen molar-refractivity contribution in [3.05, 3.63) is 42.1 Å². The second-order valence-electron chi connectivity index (χ2n) is 5.91. The van der Waals surface area contributed by atoms with E-state index in [0.29, 0.717) is 12.1 Å². The lowest BCUT2D eigenvalue weighted by Crippen LogP contribution is -2.38. The Morgan fingerprint density at radius 3 is 3.00 bits per heavy atom. The molecule has 1 N–H and O–H groups in total. The molecule has 1 saturated heterocycles. The second-order valence-corrected chi connectivity index (χ2v) is 5.91. The van der Waals surface area contributed by atoms with Crippen molar-refractivity contribution >= 4 is 10.9 Å². The summed E-state index contributed by atoms with van der Waals surface area (Å²) in [6.45, 7) is 7.81. The summed E-state index contributed by atoms with van der Waals surface area (Å²) in [5, 5.41) is 4.81. The fraction of sp³-hybridized carbons (Fsp3) is 0.471. The summed E-state index contributed by atoms with van der Waals surface area (Å²) in [5.41, 5.74) is 2.48. The fourth-order valence-corrected chi connectivity index (χ4v) is 3.05. The third-order valence-corrected chi connectivity index (χ3v) is 4.28. The van der Waals surface area contributed by atoms with Gasteiger partial charge in [-0.1, -0.05) is 24.3 Å². The Morgan fingerprint density at radius 1 is 1.25 bits per heavy atom. The monoisotopic (exact) mass is 269 g/mol. The van der Waals surface area contributed by atoms with E-state index in [4.69, 9.17) is 0 Å². The molecule has 1 aromatic carbocycles. The van der Waals surface area contributed by atoms with Crippen LogP contribution in [0.1, 0.15) is 25.8 Å². The van der Waals surface area contributed by atoms with Crippen LogP contribution in [0.4, 0.5) is 0 Å². The van der Waals surface area contributed by atoms with Crippen molar-refractivity contribution in [2.24, 2.45) is 0 Å². The van der Waals surface area contributed by atoms with E-state index < -0.39 is 0 Å². The number of nitrogens with zero attached hydrogens (tertiary/aromatic N) is 2. The van der Waals surface area contributed by atoms with E-state index in [1.165, 1.54) is 17.4 Å². The Labute approximate surface area is 121 Å². The largest absolute Gasteiger partial charge is 0.313 e. The van der Waals surface area contributed by atoms with E-state index in [2.05, 4.69) is 53.3 Å². The molecule has 1 aliphatic heterocycles. The van der Waals surface area contributed by atoms with Gasteiger partial charge in [0.05, 0.1) is 5.52 Å². The van der Waals surface area contributed by atoms with Crippen LogP contribution >= 0.6 is 0 Å². The van der Waals surface area contributed by atoms with Crippen LogP contribution < -0.4 is 5.32 Å². The molecule has 3 nitrogen and oxygen atoms in total. The van der Waals surface area contributed by atoms with Crippen LogP contribution in [0.25, 0.3) is 10.9 Å². The van der Waals surface area contributed by atoms with Gasteiger partial charge < -0.3 is 5.32 Å². The van der Waals surface area contributed by atoms with Crippen LogP contribution in [0.3, 0.4) is 0 Å². The molecule has 2 atom stereocenters. The van der Waals surface area contributed by atoms with Gasteiger partial charge >= 0.3 is 0 Å². The van der Waals surface area contributed by atoms with Gasteiger partial charge in [0.2, 0.25) is 0 Å². The number of aromatic nitrogens is 1. The Bertz CT molecular complexity index is 576. The highest BCUT2D eigenvalue weighted by Gasteiger charge is 2.21. The minimum atomic E-state index is 0.558. The van der Waals surface area contributed by atoms with Gasteiger partial charge in [-0.05, 0) is 38.4 Å². The molecule has 2 unspecified atom stereocenters. The van der Waals surface area contributed by atoms with E-state index in [-0.39, 0.29) is 0 Å². The lowest BCUT2D eigenvalue weighted by molar-refractivity contribution is 0.199. The summed E-state index contributed by atoms with van der Waals surface area (Å²) in [4.78, 5) is 7.15. The van der Waals surface area contributed by atoms with Crippen molar-refractivity contribution in [2.45, 2.75) is 38.9 Å². The molecule has 2 heterocycles.